The van der Waals surface area contributed by atoms with E-state index >= 15 is 0 Å². The Hall–Kier alpha value is -1.17. The topological polar surface area (TPSA) is 87.0 Å². The maximum absolute atomic E-state index is 10.9. The SMILES string of the molecule is C=C(C(O)/C=C/C(C)(O)COC(C)=O)[C@@H]1C[C@@H](O)[C@@]2(C)[C@@H]1[C@@H]1[C@H](C)CC[C@@H]12. The molecule has 3 fully saturated rings. The second-order valence-corrected chi connectivity index (χ2v) is 9.50. The summed E-state index contributed by atoms with van der Waals surface area (Å²) in [6, 6.07) is 0. The number of rotatable bonds is 6. The predicted molar refractivity (Wildman–Crippen MR) is 103 cm³/mol. The van der Waals surface area contributed by atoms with Gasteiger partial charge in [0.05, 0.1) is 12.2 Å². The lowest BCUT2D eigenvalue weighted by Gasteiger charge is -2.58. The number of aliphatic hydroxyl groups is 3. The van der Waals surface area contributed by atoms with Crippen LogP contribution in [0.4, 0.5) is 0 Å². The molecule has 0 bridgehead atoms. The van der Waals surface area contributed by atoms with Crippen LogP contribution in [0.2, 0.25) is 0 Å². The Morgan fingerprint density at radius 2 is 2.11 bits per heavy atom. The average molecular weight is 379 g/mol. The first kappa shape index (κ1) is 20.6. The van der Waals surface area contributed by atoms with Gasteiger partial charge in [0, 0.05) is 12.3 Å². The van der Waals surface area contributed by atoms with Crippen molar-refractivity contribution in [1.29, 1.82) is 0 Å². The number of ether oxygens (including phenoxy) is 1. The lowest BCUT2D eigenvalue weighted by atomic mass is 9.46. The van der Waals surface area contributed by atoms with E-state index in [0.717, 1.165) is 0 Å². The summed E-state index contributed by atoms with van der Waals surface area (Å²) >= 11 is 0. The lowest BCUT2D eigenvalue weighted by Crippen LogP contribution is -2.57. The van der Waals surface area contributed by atoms with Crippen molar-refractivity contribution in [2.24, 2.45) is 35.0 Å². The van der Waals surface area contributed by atoms with Crippen LogP contribution in [0, 0.1) is 35.0 Å². The first-order valence-electron chi connectivity index (χ1n) is 10.1. The molecule has 9 atom stereocenters. The van der Waals surface area contributed by atoms with Gasteiger partial charge in [-0.1, -0.05) is 39.0 Å². The summed E-state index contributed by atoms with van der Waals surface area (Å²) in [5.41, 5.74) is -0.703. The van der Waals surface area contributed by atoms with Crippen molar-refractivity contribution in [2.45, 2.75) is 64.8 Å². The van der Waals surface area contributed by atoms with E-state index in [9.17, 15) is 20.1 Å². The summed E-state index contributed by atoms with van der Waals surface area (Å²) in [4.78, 5) is 10.9. The molecule has 3 rings (SSSR count). The van der Waals surface area contributed by atoms with Crippen LogP contribution in [0.5, 0.6) is 0 Å². The average Bonchev–Trinajstić information content (AvgIpc) is 3.03. The monoisotopic (exact) mass is 378 g/mol. The van der Waals surface area contributed by atoms with Crippen molar-refractivity contribution in [3.63, 3.8) is 0 Å². The van der Waals surface area contributed by atoms with Gasteiger partial charge in [0.2, 0.25) is 0 Å². The van der Waals surface area contributed by atoms with Crippen molar-refractivity contribution in [3.8, 4) is 0 Å². The van der Waals surface area contributed by atoms with Crippen molar-refractivity contribution < 1.29 is 24.9 Å². The Kier molecular flexibility index (Phi) is 5.34. The quantitative estimate of drug-likeness (QED) is 0.488. The first-order valence-corrected chi connectivity index (χ1v) is 10.1. The van der Waals surface area contributed by atoms with Gasteiger partial charge >= 0.3 is 5.97 Å². The minimum Gasteiger partial charge on any atom is -0.462 e. The molecule has 0 spiro atoms. The maximum Gasteiger partial charge on any atom is 0.302 e. The van der Waals surface area contributed by atoms with Crippen LogP contribution in [-0.2, 0) is 9.53 Å². The molecule has 0 aromatic rings. The molecule has 3 aliphatic carbocycles. The van der Waals surface area contributed by atoms with Gasteiger partial charge < -0.3 is 20.1 Å². The Morgan fingerprint density at radius 3 is 2.74 bits per heavy atom. The first-order chi connectivity index (χ1) is 12.5. The summed E-state index contributed by atoms with van der Waals surface area (Å²) in [6.45, 7) is 11.3. The van der Waals surface area contributed by atoms with Crippen LogP contribution in [0.15, 0.2) is 24.3 Å². The van der Waals surface area contributed by atoms with E-state index < -0.39 is 17.7 Å². The van der Waals surface area contributed by atoms with Gasteiger partial charge in [-0.3, -0.25) is 4.79 Å². The van der Waals surface area contributed by atoms with Crippen LogP contribution in [0.1, 0.15) is 47.0 Å². The van der Waals surface area contributed by atoms with Crippen LogP contribution >= 0.6 is 0 Å². The van der Waals surface area contributed by atoms with E-state index in [4.69, 9.17) is 4.74 Å². The molecule has 0 amide bonds. The second-order valence-electron chi connectivity index (χ2n) is 9.50. The molecule has 5 nitrogen and oxygen atoms in total. The fraction of sp³-hybridized carbons (Fsp3) is 0.773. The van der Waals surface area contributed by atoms with E-state index in [-0.39, 0.29) is 24.0 Å². The van der Waals surface area contributed by atoms with Crippen molar-refractivity contribution >= 4 is 5.97 Å². The van der Waals surface area contributed by atoms with E-state index in [0.29, 0.717) is 35.7 Å². The fourth-order valence-corrected chi connectivity index (χ4v) is 6.23. The largest absolute Gasteiger partial charge is 0.462 e. The number of aliphatic hydroxyl groups excluding tert-OH is 2. The molecule has 152 valence electrons. The number of carbonyl (C=O) groups excluding carboxylic acids is 1. The van der Waals surface area contributed by atoms with Crippen LogP contribution < -0.4 is 0 Å². The number of hydrogen-bond acceptors (Lipinski definition) is 5. The molecular weight excluding hydrogens is 344 g/mol. The van der Waals surface area contributed by atoms with Gasteiger partial charge in [0.1, 0.15) is 12.2 Å². The Labute approximate surface area is 162 Å². The third kappa shape index (κ3) is 3.39. The van der Waals surface area contributed by atoms with Gasteiger partial charge in [-0.15, -0.1) is 0 Å². The molecule has 0 aromatic heterocycles. The molecule has 0 saturated heterocycles. The smallest absolute Gasteiger partial charge is 0.302 e. The molecule has 3 aliphatic rings. The van der Waals surface area contributed by atoms with Gasteiger partial charge in [0.15, 0.2) is 0 Å². The van der Waals surface area contributed by atoms with Crippen molar-refractivity contribution in [2.75, 3.05) is 6.61 Å². The molecular formula is C22H34O5. The molecule has 0 radical (unpaired) electrons. The third-order valence-electron chi connectivity index (χ3n) is 7.68. The van der Waals surface area contributed by atoms with Gasteiger partial charge in [-0.05, 0) is 54.9 Å². The zero-order chi connectivity index (χ0) is 20.1. The second kappa shape index (κ2) is 7.02. The minimum atomic E-state index is -1.35. The Balaban J connectivity index is 1.68. The molecule has 0 aromatic carbocycles. The summed E-state index contributed by atoms with van der Waals surface area (Å²) < 4.78 is 4.85. The van der Waals surface area contributed by atoms with Crippen LogP contribution in [0.3, 0.4) is 0 Å². The fourth-order valence-electron chi connectivity index (χ4n) is 6.23. The van der Waals surface area contributed by atoms with Crippen molar-refractivity contribution in [3.05, 3.63) is 24.3 Å². The number of carbonyl (C=O) groups is 1. The van der Waals surface area contributed by atoms with Gasteiger partial charge in [-0.25, -0.2) is 0 Å². The summed E-state index contributed by atoms with van der Waals surface area (Å²) in [6.07, 6.45) is 4.78. The third-order valence-corrected chi connectivity index (χ3v) is 7.68. The summed E-state index contributed by atoms with van der Waals surface area (Å²) in [5, 5.41) is 31.7. The van der Waals surface area contributed by atoms with E-state index in [1.807, 2.05) is 0 Å². The molecule has 0 heterocycles. The molecule has 3 N–H and O–H groups in total. The molecule has 0 aliphatic heterocycles. The van der Waals surface area contributed by atoms with Crippen molar-refractivity contribution in [1.82, 2.24) is 0 Å². The number of esters is 1. The van der Waals surface area contributed by atoms with Gasteiger partial charge in [-0.2, -0.15) is 0 Å². The predicted octanol–water partition coefficient (Wildman–Crippen LogP) is 2.45. The van der Waals surface area contributed by atoms with E-state index in [1.165, 1.54) is 38.8 Å². The highest BCUT2D eigenvalue weighted by atomic mass is 16.5. The Bertz CT molecular complexity index is 639. The highest BCUT2D eigenvalue weighted by Crippen LogP contribution is 2.73. The van der Waals surface area contributed by atoms with E-state index in [1.54, 1.807) is 0 Å². The Morgan fingerprint density at radius 1 is 1.44 bits per heavy atom. The molecule has 5 heteroatoms. The summed E-state index contributed by atoms with van der Waals surface area (Å²) in [5.74, 6) is 1.85. The van der Waals surface area contributed by atoms with E-state index in [2.05, 4.69) is 20.4 Å². The highest BCUT2D eigenvalue weighted by molar-refractivity contribution is 5.66. The lowest BCUT2D eigenvalue weighted by molar-refractivity contribution is -0.145. The standard InChI is InChI=1S/C22H34O5/c1-12-6-7-16-19(12)20-15(10-18(25)22(16,20)5)13(2)17(24)8-9-21(4,26)11-27-14(3)23/h8-9,12,15-20,24-26H,2,6-7,10-11H2,1,3-5H3/b9-8+/t12-,15+,16+,17?,18-,19-,20+,21?,22+/m1/s1. The molecule has 27 heavy (non-hydrogen) atoms. The summed E-state index contributed by atoms with van der Waals surface area (Å²) in [7, 11) is 0. The maximum atomic E-state index is 10.9. The van der Waals surface area contributed by atoms with Gasteiger partial charge in [0.25, 0.3) is 0 Å². The molecule has 3 saturated carbocycles. The number of fused-ring (bicyclic) bond motifs is 4. The van der Waals surface area contributed by atoms with Crippen LogP contribution in [0.25, 0.3) is 0 Å². The zero-order valence-electron chi connectivity index (χ0n) is 16.9. The zero-order valence-corrected chi connectivity index (χ0v) is 16.9. The normalized spacial score (nSPS) is 43.5. The molecule has 2 unspecified atom stereocenters. The van der Waals surface area contributed by atoms with Crippen LogP contribution in [-0.4, -0.2) is 45.7 Å². The minimum absolute atomic E-state index is 0.0622. The number of hydrogen-bond donors (Lipinski definition) is 3. The highest BCUT2D eigenvalue weighted by Gasteiger charge is 2.70.